The molecular weight excluding hydrogens is 556 g/mol. The number of ketones is 1. The predicted molar refractivity (Wildman–Crippen MR) is 178 cm³/mol. The summed E-state index contributed by atoms with van der Waals surface area (Å²) in [5, 5.41) is 0. The molecule has 4 nitrogen and oxygen atoms in total. The van der Waals surface area contributed by atoms with Crippen molar-refractivity contribution in [1.82, 2.24) is 0 Å². The number of fused-ring (bicyclic) bond motifs is 2. The lowest BCUT2D eigenvalue weighted by Crippen LogP contribution is -2.78. The summed E-state index contributed by atoms with van der Waals surface area (Å²) in [6.45, 7) is 11.5. The number of carbonyl (C=O) groups excluding carboxylic acids is 1. The van der Waals surface area contributed by atoms with E-state index < -0.39 is 5.60 Å². The molecule has 0 N–H and O–H groups in total. The van der Waals surface area contributed by atoms with Gasteiger partial charge in [0, 0.05) is 11.8 Å². The second-order valence-corrected chi connectivity index (χ2v) is 16.3. The Labute approximate surface area is 272 Å². The molecule has 6 aliphatic rings. The standard InChI is InChI=1S/C41H56O4/c1-28(2)12-11-13-29(3)33-18-19-34-36-35(21-22-39(33,34)4)40-23-20-32(43-25-30-14-7-5-8-15-30)24-41(40,38(42)37(36)44-27-40)45-26-31-16-9-6-10-17-31/h5-10,14-17,28-29,32-37H,11-13,18-27H2,1-4H3/t29?,32-,33+,34-,35-,36-,37+,39+,40-,41-/m0/s1. The first kappa shape index (κ1) is 31.6. The van der Waals surface area contributed by atoms with Crippen molar-refractivity contribution in [3.8, 4) is 0 Å². The zero-order valence-corrected chi connectivity index (χ0v) is 28.2. The van der Waals surface area contributed by atoms with Crippen molar-refractivity contribution in [2.45, 2.75) is 123 Å². The molecule has 10 atom stereocenters. The van der Waals surface area contributed by atoms with Crippen molar-refractivity contribution < 1.29 is 19.0 Å². The molecule has 6 fully saturated rings. The van der Waals surface area contributed by atoms with Gasteiger partial charge in [-0.05, 0) is 90.6 Å². The molecule has 8 rings (SSSR count). The summed E-state index contributed by atoms with van der Waals surface area (Å²) in [7, 11) is 0. The average molecular weight is 613 g/mol. The minimum absolute atomic E-state index is 0.00441. The minimum atomic E-state index is -0.845. The van der Waals surface area contributed by atoms with Crippen molar-refractivity contribution in [3.05, 3.63) is 71.8 Å². The van der Waals surface area contributed by atoms with Crippen molar-refractivity contribution >= 4 is 5.78 Å². The van der Waals surface area contributed by atoms with Crippen LogP contribution < -0.4 is 0 Å². The molecule has 1 unspecified atom stereocenters. The summed E-state index contributed by atoms with van der Waals surface area (Å²) < 4.78 is 20.4. The van der Waals surface area contributed by atoms with Crippen LogP contribution in [0.3, 0.4) is 0 Å². The third-order valence-corrected chi connectivity index (χ3v) is 13.7. The van der Waals surface area contributed by atoms with E-state index >= 15 is 4.79 Å². The summed E-state index contributed by atoms with van der Waals surface area (Å²) >= 11 is 0. The molecule has 2 heterocycles. The molecule has 2 bridgehead atoms. The van der Waals surface area contributed by atoms with Gasteiger partial charge in [0.05, 0.1) is 25.9 Å². The van der Waals surface area contributed by atoms with E-state index in [1.54, 1.807) is 0 Å². The Kier molecular flexibility index (Phi) is 8.80. The van der Waals surface area contributed by atoms with Gasteiger partial charge in [-0.3, -0.25) is 4.79 Å². The van der Waals surface area contributed by atoms with E-state index in [0.717, 1.165) is 36.2 Å². The average Bonchev–Trinajstić information content (AvgIpc) is 3.41. The van der Waals surface area contributed by atoms with Gasteiger partial charge in [0.2, 0.25) is 0 Å². The molecule has 0 aromatic heterocycles. The van der Waals surface area contributed by atoms with Crippen LogP contribution in [0, 0.1) is 46.3 Å². The predicted octanol–water partition coefficient (Wildman–Crippen LogP) is 9.20. The Morgan fingerprint density at radius 3 is 2.27 bits per heavy atom. The summed E-state index contributed by atoms with van der Waals surface area (Å²) in [5.74, 6) is 3.89. The molecule has 0 radical (unpaired) electrons. The number of Topliss-reactive ketones (excluding diaryl/α,β-unsaturated/α-hetero) is 1. The van der Waals surface area contributed by atoms with Crippen LogP contribution in [0.5, 0.6) is 0 Å². The van der Waals surface area contributed by atoms with Gasteiger partial charge in [0.15, 0.2) is 5.78 Å². The highest BCUT2D eigenvalue weighted by Crippen LogP contribution is 2.71. The van der Waals surface area contributed by atoms with Crippen LogP contribution in [0.4, 0.5) is 0 Å². The van der Waals surface area contributed by atoms with Gasteiger partial charge in [-0.1, -0.05) is 108 Å². The zero-order chi connectivity index (χ0) is 31.2. The fourth-order valence-corrected chi connectivity index (χ4v) is 11.5. The first-order chi connectivity index (χ1) is 21.8. The van der Waals surface area contributed by atoms with Gasteiger partial charge in [0.25, 0.3) is 0 Å². The fourth-order valence-electron chi connectivity index (χ4n) is 11.5. The highest BCUT2D eigenvalue weighted by molar-refractivity contribution is 5.95. The number of rotatable bonds is 11. The lowest BCUT2D eigenvalue weighted by Gasteiger charge is -2.70. The maximum atomic E-state index is 15.0. The smallest absolute Gasteiger partial charge is 0.194 e. The largest absolute Gasteiger partial charge is 0.373 e. The third-order valence-electron chi connectivity index (χ3n) is 13.7. The van der Waals surface area contributed by atoms with Crippen LogP contribution >= 0.6 is 0 Å². The number of ether oxygens (including phenoxy) is 3. The van der Waals surface area contributed by atoms with E-state index in [9.17, 15) is 0 Å². The number of hydrogen-bond donors (Lipinski definition) is 0. The van der Waals surface area contributed by atoms with Crippen LogP contribution in [0.25, 0.3) is 0 Å². The second-order valence-electron chi connectivity index (χ2n) is 16.3. The molecular formula is C41H56O4. The van der Waals surface area contributed by atoms with Crippen molar-refractivity contribution in [3.63, 3.8) is 0 Å². The zero-order valence-electron chi connectivity index (χ0n) is 28.2. The quantitative estimate of drug-likeness (QED) is 0.254. The van der Waals surface area contributed by atoms with Crippen LogP contribution in [-0.4, -0.2) is 30.2 Å². The lowest BCUT2D eigenvalue weighted by atomic mass is 9.40. The van der Waals surface area contributed by atoms with Crippen LogP contribution in [0.1, 0.15) is 103 Å². The first-order valence-electron chi connectivity index (χ1n) is 18.3. The Balaban J connectivity index is 1.16. The summed E-state index contributed by atoms with van der Waals surface area (Å²) in [4.78, 5) is 15.0. The van der Waals surface area contributed by atoms with Gasteiger partial charge in [-0.2, -0.15) is 0 Å². The summed E-state index contributed by atoms with van der Waals surface area (Å²) in [6, 6.07) is 20.8. The van der Waals surface area contributed by atoms with Gasteiger partial charge >= 0.3 is 0 Å². The number of hydrogen-bond acceptors (Lipinski definition) is 4. The summed E-state index contributed by atoms with van der Waals surface area (Å²) in [5.41, 5.74) is 1.50. The molecule has 4 aliphatic carbocycles. The topological polar surface area (TPSA) is 44.8 Å². The monoisotopic (exact) mass is 612 g/mol. The van der Waals surface area contributed by atoms with Gasteiger partial charge in [-0.15, -0.1) is 0 Å². The normalized spacial score (nSPS) is 39.4. The highest BCUT2D eigenvalue weighted by atomic mass is 16.5. The molecule has 2 saturated heterocycles. The Morgan fingerprint density at radius 2 is 1.56 bits per heavy atom. The highest BCUT2D eigenvalue weighted by Gasteiger charge is 2.76. The molecule has 4 saturated carbocycles. The Morgan fingerprint density at radius 1 is 0.844 bits per heavy atom. The van der Waals surface area contributed by atoms with E-state index in [0.29, 0.717) is 49.4 Å². The fraction of sp³-hybridized carbons (Fsp3) is 0.683. The maximum absolute atomic E-state index is 15.0. The molecule has 45 heavy (non-hydrogen) atoms. The van der Waals surface area contributed by atoms with Crippen LogP contribution in [0.2, 0.25) is 0 Å². The van der Waals surface area contributed by atoms with E-state index in [4.69, 9.17) is 14.2 Å². The van der Waals surface area contributed by atoms with Crippen LogP contribution in [0.15, 0.2) is 60.7 Å². The van der Waals surface area contributed by atoms with E-state index in [1.807, 2.05) is 12.1 Å². The molecule has 4 heteroatoms. The van der Waals surface area contributed by atoms with Crippen LogP contribution in [-0.2, 0) is 32.2 Å². The third kappa shape index (κ3) is 5.35. The van der Waals surface area contributed by atoms with Crippen molar-refractivity contribution in [2.75, 3.05) is 6.61 Å². The molecule has 244 valence electrons. The molecule has 1 spiro atoms. The first-order valence-corrected chi connectivity index (χ1v) is 18.3. The lowest BCUT2D eigenvalue weighted by molar-refractivity contribution is -0.310. The molecule has 2 aromatic carbocycles. The van der Waals surface area contributed by atoms with Gasteiger partial charge < -0.3 is 14.2 Å². The summed E-state index contributed by atoms with van der Waals surface area (Å²) in [6.07, 6.45) is 11.3. The van der Waals surface area contributed by atoms with Gasteiger partial charge in [0.1, 0.15) is 11.7 Å². The molecule has 2 aliphatic heterocycles. The van der Waals surface area contributed by atoms with Crippen molar-refractivity contribution in [2.24, 2.45) is 46.3 Å². The van der Waals surface area contributed by atoms with Crippen molar-refractivity contribution in [1.29, 1.82) is 0 Å². The second kappa shape index (κ2) is 12.5. The van der Waals surface area contributed by atoms with E-state index in [-0.39, 0.29) is 23.4 Å². The Hall–Kier alpha value is -2.01. The minimum Gasteiger partial charge on any atom is -0.373 e. The van der Waals surface area contributed by atoms with Gasteiger partial charge in [-0.25, -0.2) is 0 Å². The molecule has 0 amide bonds. The Bertz CT molecular complexity index is 1310. The van der Waals surface area contributed by atoms with E-state index in [2.05, 4.69) is 76.2 Å². The number of benzene rings is 2. The molecule has 2 aromatic rings. The number of carbonyl (C=O) groups is 1. The SMILES string of the molecule is CC(C)CCCC(C)[C@H]1CC[C@H]2[C@@H]3[C@H]4OC[C@@]5(CC[C@H](OCc6ccccc6)C[C@]5(OCc5ccccc5)C4=O)[C@H]3CC[C@]12C. The van der Waals surface area contributed by atoms with E-state index in [1.165, 1.54) is 50.5 Å². The maximum Gasteiger partial charge on any atom is 0.194 e.